The lowest BCUT2D eigenvalue weighted by atomic mass is 10.00. The predicted octanol–water partition coefficient (Wildman–Crippen LogP) is 12.0. The lowest BCUT2D eigenvalue weighted by Crippen LogP contribution is -1.98. The highest BCUT2D eigenvalue weighted by atomic mass is 16.3. The van der Waals surface area contributed by atoms with Crippen molar-refractivity contribution in [3.63, 3.8) is 0 Å². The van der Waals surface area contributed by atoms with Crippen LogP contribution in [0, 0.1) is 0 Å². The third kappa shape index (κ3) is 5.24. The van der Waals surface area contributed by atoms with Gasteiger partial charge in [0.2, 0.25) is 0 Å². The van der Waals surface area contributed by atoms with Crippen molar-refractivity contribution in [2.24, 2.45) is 0 Å². The van der Waals surface area contributed by atoms with Crippen LogP contribution in [0.5, 0.6) is 0 Å². The Bertz CT molecular complexity index is 2870. The summed E-state index contributed by atoms with van der Waals surface area (Å²) in [5.41, 5.74) is 12.9. The monoisotopic (exact) mass is 666 g/mol. The van der Waals surface area contributed by atoms with Gasteiger partial charge in [-0.1, -0.05) is 133 Å². The third-order valence-electron chi connectivity index (χ3n) is 9.66. The van der Waals surface area contributed by atoms with Crippen molar-refractivity contribution in [1.29, 1.82) is 0 Å². The third-order valence-corrected chi connectivity index (χ3v) is 9.66. The zero-order valence-electron chi connectivity index (χ0n) is 28.0. The fraction of sp³-hybridized carbons (Fsp3) is 0. The van der Waals surface area contributed by atoms with Gasteiger partial charge < -0.3 is 4.42 Å². The Labute approximate surface area is 300 Å². The molecule has 0 atom stereocenters. The Hall–Kier alpha value is -7.11. The Morgan fingerprint density at radius 3 is 1.75 bits per heavy atom. The summed E-state index contributed by atoms with van der Waals surface area (Å²) in [5, 5.41) is 2.24. The second kappa shape index (κ2) is 12.3. The molecule has 7 aromatic carbocycles. The van der Waals surface area contributed by atoms with E-state index in [1.807, 2.05) is 42.5 Å². The zero-order valence-corrected chi connectivity index (χ0v) is 28.0. The number of rotatable bonds is 6. The summed E-state index contributed by atoms with van der Waals surface area (Å²) < 4.78 is 8.28. The molecule has 0 aliphatic carbocycles. The Balaban J connectivity index is 1.03. The van der Waals surface area contributed by atoms with E-state index < -0.39 is 0 Å². The minimum absolute atomic E-state index is 0.667. The van der Waals surface area contributed by atoms with Gasteiger partial charge >= 0.3 is 0 Å². The molecule has 3 aromatic heterocycles. The van der Waals surface area contributed by atoms with Gasteiger partial charge in [0.15, 0.2) is 5.82 Å². The topological polar surface area (TPSA) is 56.7 Å². The van der Waals surface area contributed by atoms with E-state index in [0.29, 0.717) is 5.82 Å². The van der Waals surface area contributed by atoms with E-state index in [4.69, 9.17) is 19.4 Å². The van der Waals surface area contributed by atoms with Crippen molar-refractivity contribution in [1.82, 2.24) is 19.5 Å². The van der Waals surface area contributed by atoms with Gasteiger partial charge in [-0.3, -0.25) is 4.57 Å². The fourth-order valence-electron chi connectivity index (χ4n) is 7.05. The number of nitrogens with zero attached hydrogens (tertiary/aromatic N) is 4. The van der Waals surface area contributed by atoms with Gasteiger partial charge in [-0.05, 0) is 59.7 Å². The van der Waals surface area contributed by atoms with Gasteiger partial charge in [0.25, 0.3) is 0 Å². The molecule has 0 fully saturated rings. The number of imidazole rings is 1. The predicted molar refractivity (Wildman–Crippen MR) is 211 cm³/mol. The van der Waals surface area contributed by atoms with Crippen LogP contribution in [0.3, 0.4) is 0 Å². The van der Waals surface area contributed by atoms with Gasteiger partial charge in [-0.25, -0.2) is 15.0 Å². The standard InChI is InChI=1S/C47H30N4O/c1-3-11-32(12-4-1)41-30-42(33-21-19-31(20-22-33)36-27-28-45-39(29-36)38-15-7-10-18-44(38)52-45)49-46(48-41)34-23-25-35(26-24-34)47-50-40-16-8-9-17-43(40)51(47)37-13-5-2-6-14-37/h1-30H. The fourth-order valence-corrected chi connectivity index (χ4v) is 7.05. The van der Waals surface area contributed by atoms with Crippen LogP contribution < -0.4 is 0 Å². The maximum atomic E-state index is 6.06. The molecule has 244 valence electrons. The number of hydrogen-bond donors (Lipinski definition) is 0. The minimum Gasteiger partial charge on any atom is -0.456 e. The first-order valence-electron chi connectivity index (χ1n) is 17.4. The molecule has 0 amide bonds. The SMILES string of the molecule is c1ccc(-c2cc(-c3ccc(-c4ccc5oc6ccccc6c5c4)cc3)nc(-c3ccc(-c4nc5ccccc5n4-c4ccccc4)cc3)n2)cc1. The number of aromatic nitrogens is 4. The molecule has 10 aromatic rings. The smallest absolute Gasteiger partial charge is 0.160 e. The summed E-state index contributed by atoms with van der Waals surface area (Å²) in [4.78, 5) is 15.3. The number of benzene rings is 7. The van der Waals surface area contributed by atoms with Gasteiger partial charge in [0, 0.05) is 38.7 Å². The Kier molecular flexibility index (Phi) is 7.07. The van der Waals surface area contributed by atoms with E-state index in [1.54, 1.807) is 0 Å². The lowest BCUT2D eigenvalue weighted by molar-refractivity contribution is 0.669. The molecule has 0 saturated carbocycles. The van der Waals surface area contributed by atoms with Crippen LogP contribution in [0.25, 0.3) is 95.1 Å². The molecule has 0 saturated heterocycles. The van der Waals surface area contributed by atoms with Crippen molar-refractivity contribution >= 4 is 33.0 Å². The first kappa shape index (κ1) is 29.8. The molecule has 0 N–H and O–H groups in total. The average molecular weight is 667 g/mol. The molecule has 0 aliphatic rings. The second-order valence-electron chi connectivity index (χ2n) is 12.9. The lowest BCUT2D eigenvalue weighted by Gasteiger charge is -2.12. The molecular weight excluding hydrogens is 637 g/mol. The summed E-state index contributed by atoms with van der Waals surface area (Å²) >= 11 is 0. The minimum atomic E-state index is 0.667. The highest BCUT2D eigenvalue weighted by molar-refractivity contribution is 6.06. The normalized spacial score (nSPS) is 11.5. The molecule has 0 aliphatic heterocycles. The number of furan rings is 1. The van der Waals surface area contributed by atoms with E-state index in [-0.39, 0.29) is 0 Å². The van der Waals surface area contributed by atoms with Crippen molar-refractivity contribution in [2.45, 2.75) is 0 Å². The number of fused-ring (bicyclic) bond motifs is 4. The maximum Gasteiger partial charge on any atom is 0.160 e. The van der Waals surface area contributed by atoms with Crippen LogP contribution in [0.1, 0.15) is 0 Å². The van der Waals surface area contributed by atoms with E-state index >= 15 is 0 Å². The molecule has 0 radical (unpaired) electrons. The molecule has 5 heteroatoms. The van der Waals surface area contributed by atoms with Crippen LogP contribution in [-0.2, 0) is 0 Å². The van der Waals surface area contributed by atoms with E-state index in [9.17, 15) is 0 Å². The summed E-state index contributed by atoms with van der Waals surface area (Å²) in [7, 11) is 0. The number of para-hydroxylation sites is 4. The molecule has 52 heavy (non-hydrogen) atoms. The van der Waals surface area contributed by atoms with E-state index in [0.717, 1.165) is 89.3 Å². The van der Waals surface area contributed by atoms with Crippen molar-refractivity contribution in [3.05, 3.63) is 182 Å². The highest BCUT2D eigenvalue weighted by Crippen LogP contribution is 2.35. The molecule has 0 spiro atoms. The van der Waals surface area contributed by atoms with Crippen LogP contribution in [0.15, 0.2) is 186 Å². The molecule has 10 rings (SSSR count). The summed E-state index contributed by atoms with van der Waals surface area (Å²) in [6, 6.07) is 62.6. The average Bonchev–Trinajstić information content (AvgIpc) is 3.80. The first-order valence-corrected chi connectivity index (χ1v) is 17.4. The van der Waals surface area contributed by atoms with Crippen LogP contribution in [-0.4, -0.2) is 19.5 Å². The maximum absolute atomic E-state index is 6.06. The highest BCUT2D eigenvalue weighted by Gasteiger charge is 2.16. The molecular formula is C47H30N4O. The van der Waals surface area contributed by atoms with Crippen molar-refractivity contribution in [3.8, 4) is 62.1 Å². The van der Waals surface area contributed by atoms with Crippen LogP contribution >= 0.6 is 0 Å². The van der Waals surface area contributed by atoms with Crippen molar-refractivity contribution < 1.29 is 4.42 Å². The Morgan fingerprint density at radius 1 is 0.385 bits per heavy atom. The zero-order chi connectivity index (χ0) is 34.4. The summed E-state index contributed by atoms with van der Waals surface area (Å²) in [6.45, 7) is 0. The van der Waals surface area contributed by atoms with Crippen LogP contribution in [0.4, 0.5) is 0 Å². The van der Waals surface area contributed by atoms with Gasteiger partial charge in [-0.15, -0.1) is 0 Å². The van der Waals surface area contributed by atoms with Crippen LogP contribution in [0.2, 0.25) is 0 Å². The van der Waals surface area contributed by atoms with Crippen molar-refractivity contribution in [2.75, 3.05) is 0 Å². The second-order valence-corrected chi connectivity index (χ2v) is 12.9. The number of hydrogen-bond acceptors (Lipinski definition) is 4. The van der Waals surface area contributed by atoms with Gasteiger partial charge in [-0.2, -0.15) is 0 Å². The molecule has 0 bridgehead atoms. The van der Waals surface area contributed by atoms with Gasteiger partial charge in [0.1, 0.15) is 17.0 Å². The molecule has 5 nitrogen and oxygen atoms in total. The largest absolute Gasteiger partial charge is 0.456 e. The van der Waals surface area contributed by atoms with Gasteiger partial charge in [0.05, 0.1) is 22.4 Å². The van der Waals surface area contributed by atoms with E-state index in [1.165, 1.54) is 0 Å². The first-order chi connectivity index (χ1) is 25.7. The summed E-state index contributed by atoms with van der Waals surface area (Å²) in [5.74, 6) is 1.56. The summed E-state index contributed by atoms with van der Waals surface area (Å²) in [6.07, 6.45) is 0. The van der Waals surface area contributed by atoms with E-state index in [2.05, 4.69) is 144 Å². The molecule has 3 heterocycles. The Morgan fingerprint density at radius 2 is 0.962 bits per heavy atom. The molecule has 0 unspecified atom stereocenters. The quantitative estimate of drug-likeness (QED) is 0.177.